The summed E-state index contributed by atoms with van der Waals surface area (Å²) in [6.45, 7) is 3.75. The third-order valence-electron chi connectivity index (χ3n) is 11.0. The summed E-state index contributed by atoms with van der Waals surface area (Å²) in [4.78, 5) is 53.9. The summed E-state index contributed by atoms with van der Waals surface area (Å²) >= 11 is 0. The summed E-state index contributed by atoms with van der Waals surface area (Å²) in [5.74, 6) is -0.480. The molecule has 6 aromatic carbocycles. The van der Waals surface area contributed by atoms with Crippen LogP contribution in [0.3, 0.4) is 0 Å². The van der Waals surface area contributed by atoms with Gasteiger partial charge in [0.15, 0.2) is 0 Å². The van der Waals surface area contributed by atoms with Crippen molar-refractivity contribution < 1.29 is 28.7 Å². The normalized spacial score (nSPS) is 13.3. The van der Waals surface area contributed by atoms with E-state index in [-0.39, 0.29) is 24.9 Å². The predicted octanol–water partition coefficient (Wildman–Crippen LogP) is 8.73. The van der Waals surface area contributed by atoms with Crippen molar-refractivity contribution in [1.29, 1.82) is 10.5 Å². The average Bonchev–Trinajstić information content (AvgIpc) is 3.38. The highest BCUT2D eigenvalue weighted by Gasteiger charge is 2.40. The third-order valence-corrected chi connectivity index (χ3v) is 11.0. The minimum Gasteiger partial charge on any atom is -0.497 e. The van der Waals surface area contributed by atoms with Crippen molar-refractivity contribution in [2.24, 2.45) is 0 Å². The quantitative estimate of drug-likeness (QED) is 0.0618. The van der Waals surface area contributed by atoms with Gasteiger partial charge in [0.25, 0.3) is 23.6 Å². The molecule has 68 heavy (non-hydrogen) atoms. The van der Waals surface area contributed by atoms with E-state index in [1.54, 1.807) is 62.8 Å². The lowest BCUT2D eigenvalue weighted by molar-refractivity contribution is -0.127. The summed E-state index contributed by atoms with van der Waals surface area (Å²) in [6.07, 6.45) is 5.69. The van der Waals surface area contributed by atoms with Crippen molar-refractivity contribution in [2.45, 2.75) is 49.9 Å². The van der Waals surface area contributed by atoms with Crippen molar-refractivity contribution >= 4 is 23.6 Å². The van der Waals surface area contributed by atoms with Gasteiger partial charge in [0.1, 0.15) is 22.6 Å². The monoisotopic (exact) mass is 906 g/mol. The molecule has 0 aromatic heterocycles. The van der Waals surface area contributed by atoms with Crippen LogP contribution in [0.1, 0.15) is 68.9 Å². The molecule has 0 aliphatic carbocycles. The topological polar surface area (TPSA) is 182 Å². The van der Waals surface area contributed by atoms with Gasteiger partial charge in [0.05, 0.1) is 38.4 Å². The number of hydrogen-bond donors (Lipinski definition) is 4. The molecule has 4 amide bonds. The van der Waals surface area contributed by atoms with Gasteiger partial charge in [-0.15, -0.1) is 0 Å². The zero-order chi connectivity index (χ0) is 48.8. The van der Waals surface area contributed by atoms with Crippen LogP contribution in [0.25, 0.3) is 0 Å². The second-order valence-corrected chi connectivity index (χ2v) is 15.8. The zero-order valence-corrected chi connectivity index (χ0v) is 38.4. The van der Waals surface area contributed by atoms with E-state index in [0.717, 1.165) is 22.3 Å². The number of benzene rings is 6. The number of nitriles is 2. The minimum atomic E-state index is -1.49. The van der Waals surface area contributed by atoms with Gasteiger partial charge >= 0.3 is 0 Å². The molecule has 344 valence electrons. The minimum absolute atomic E-state index is 0.168. The van der Waals surface area contributed by atoms with Crippen molar-refractivity contribution in [3.63, 3.8) is 0 Å². The Balaban J connectivity index is 0.000000254. The number of amides is 4. The van der Waals surface area contributed by atoms with Gasteiger partial charge in [0, 0.05) is 36.1 Å². The van der Waals surface area contributed by atoms with Gasteiger partial charge in [-0.25, -0.2) is 0 Å². The molecule has 0 aliphatic rings. The first-order valence-corrected chi connectivity index (χ1v) is 21.8. The van der Waals surface area contributed by atoms with E-state index in [9.17, 15) is 29.7 Å². The first kappa shape index (κ1) is 50.3. The average molecular weight is 907 g/mol. The summed E-state index contributed by atoms with van der Waals surface area (Å²) in [6, 6.07) is 54.3. The van der Waals surface area contributed by atoms with Crippen LogP contribution in [0.4, 0.5) is 0 Å². The van der Waals surface area contributed by atoms with Crippen molar-refractivity contribution in [1.82, 2.24) is 21.3 Å². The Hall–Kier alpha value is -8.74. The molecule has 0 fully saturated rings. The van der Waals surface area contributed by atoms with E-state index in [2.05, 4.69) is 21.3 Å². The summed E-state index contributed by atoms with van der Waals surface area (Å²) in [5, 5.41) is 30.3. The molecule has 6 aromatic rings. The number of carbonyl (C=O) groups is 4. The fourth-order valence-corrected chi connectivity index (χ4v) is 7.25. The maximum atomic E-state index is 13.7. The Bertz CT molecular complexity index is 2530. The summed E-state index contributed by atoms with van der Waals surface area (Å²) < 4.78 is 10.3. The number of hydrogen-bond acceptors (Lipinski definition) is 8. The molecular weight excluding hydrogens is 853 g/mol. The maximum absolute atomic E-state index is 13.7. The van der Waals surface area contributed by atoms with E-state index in [0.29, 0.717) is 22.6 Å². The van der Waals surface area contributed by atoms with E-state index in [1.807, 2.05) is 147 Å². The molecule has 0 radical (unpaired) electrons. The summed E-state index contributed by atoms with van der Waals surface area (Å²) in [7, 11) is 3.09. The fourth-order valence-electron chi connectivity index (χ4n) is 7.25. The van der Waals surface area contributed by atoms with E-state index in [4.69, 9.17) is 9.47 Å². The molecular formula is C56H54N6O6. The predicted molar refractivity (Wildman–Crippen MR) is 262 cm³/mol. The van der Waals surface area contributed by atoms with Crippen LogP contribution in [0.15, 0.2) is 194 Å². The number of nitrogens with zero attached hydrogens (tertiary/aromatic N) is 2. The number of allylic oxidation sites excluding steroid dienone is 2. The van der Waals surface area contributed by atoms with Gasteiger partial charge in [-0.2, -0.15) is 10.5 Å². The highest BCUT2D eigenvalue weighted by molar-refractivity contribution is 6.01. The molecule has 0 heterocycles. The van der Waals surface area contributed by atoms with Crippen LogP contribution < -0.4 is 30.7 Å². The van der Waals surface area contributed by atoms with Crippen LogP contribution in [0.2, 0.25) is 0 Å². The second-order valence-electron chi connectivity index (χ2n) is 15.8. The standard InChI is InChI=1S/2C28H27N3O3/c2*1-21(23-12-7-4-8-13-23)30-27(33)28(18-9-19-29,20-22-10-5-3-6-11-22)31-26(32)24-14-16-25(34-2)17-15-24/h2*3-18,21H,20H2,1-2H3,(H,30,33)(H,31,32)/b2*18-9-/t2*21-,28+/m00/s1. The first-order valence-electron chi connectivity index (χ1n) is 21.8. The van der Waals surface area contributed by atoms with Crippen molar-refractivity contribution in [3.05, 3.63) is 228 Å². The van der Waals surface area contributed by atoms with Gasteiger partial charge < -0.3 is 30.7 Å². The molecule has 0 aliphatic heterocycles. The summed E-state index contributed by atoms with van der Waals surface area (Å²) in [5.41, 5.74) is 1.28. The smallest absolute Gasteiger partial charge is 0.252 e. The Kier molecular flexibility index (Phi) is 18.5. The van der Waals surface area contributed by atoms with E-state index < -0.39 is 34.7 Å². The second kappa shape index (κ2) is 25.1. The van der Waals surface area contributed by atoms with Crippen LogP contribution >= 0.6 is 0 Å². The van der Waals surface area contributed by atoms with Crippen LogP contribution in [-0.2, 0) is 22.4 Å². The number of nitrogens with one attached hydrogen (secondary N) is 4. The van der Waals surface area contributed by atoms with Crippen LogP contribution in [-0.4, -0.2) is 48.9 Å². The molecule has 0 saturated carbocycles. The lowest BCUT2D eigenvalue weighted by Gasteiger charge is -2.32. The molecule has 4 N–H and O–H groups in total. The Labute approximate surface area is 398 Å². The number of methoxy groups -OCH3 is 2. The van der Waals surface area contributed by atoms with E-state index >= 15 is 0 Å². The van der Waals surface area contributed by atoms with Crippen LogP contribution in [0, 0.1) is 22.7 Å². The zero-order valence-electron chi connectivity index (χ0n) is 38.4. The molecule has 0 unspecified atom stereocenters. The van der Waals surface area contributed by atoms with Gasteiger partial charge in [-0.1, -0.05) is 121 Å². The fraction of sp³-hybridized carbons (Fsp3) is 0.179. The maximum Gasteiger partial charge on any atom is 0.252 e. The number of rotatable bonds is 18. The number of carbonyl (C=O) groups excluding carboxylic acids is 4. The number of ether oxygens (including phenoxy) is 2. The third kappa shape index (κ3) is 14.1. The lowest BCUT2D eigenvalue weighted by atomic mass is 9.88. The molecule has 4 atom stereocenters. The molecule has 0 spiro atoms. The Morgan fingerprint density at radius 2 is 0.809 bits per heavy atom. The molecule has 6 rings (SSSR count). The Morgan fingerprint density at radius 3 is 1.10 bits per heavy atom. The van der Waals surface area contributed by atoms with Crippen molar-refractivity contribution in [3.8, 4) is 23.6 Å². The molecule has 0 saturated heterocycles. The van der Waals surface area contributed by atoms with Gasteiger partial charge in [-0.05, 0) is 96.8 Å². The van der Waals surface area contributed by atoms with Gasteiger partial charge in [-0.3, -0.25) is 19.2 Å². The molecule has 12 heteroatoms. The highest BCUT2D eigenvalue weighted by atomic mass is 16.5. The van der Waals surface area contributed by atoms with Gasteiger partial charge in [0.2, 0.25) is 0 Å². The SMILES string of the molecule is COc1ccc(C(=O)N[C@](/C=C\C#N)(Cc2ccccc2)C(=O)N[C@@H](C)c2ccccc2)cc1.COc1ccc(C(=O)N[C@](/C=C\C#N)(Cc2ccccc2)C(=O)N[C@@H](C)c2ccccc2)cc1. The Morgan fingerprint density at radius 1 is 0.500 bits per heavy atom. The molecule has 0 bridgehead atoms. The lowest BCUT2D eigenvalue weighted by Crippen LogP contribution is -2.59. The van der Waals surface area contributed by atoms with Crippen molar-refractivity contribution in [2.75, 3.05) is 14.2 Å². The largest absolute Gasteiger partial charge is 0.497 e. The molecule has 12 nitrogen and oxygen atoms in total. The first-order chi connectivity index (χ1) is 32.9. The van der Waals surface area contributed by atoms with E-state index in [1.165, 1.54) is 24.3 Å². The van der Waals surface area contributed by atoms with Crippen LogP contribution in [0.5, 0.6) is 11.5 Å². The highest BCUT2D eigenvalue weighted by Crippen LogP contribution is 2.24.